The van der Waals surface area contributed by atoms with Crippen LogP contribution in [0, 0.1) is 11.5 Å². The molecule has 0 saturated carbocycles. The van der Waals surface area contributed by atoms with E-state index in [9.17, 15) is 8.42 Å². The molecule has 0 unspecified atom stereocenters. The van der Waals surface area contributed by atoms with E-state index in [-0.39, 0.29) is 4.90 Å². The molecule has 0 aliphatic rings. The van der Waals surface area contributed by atoms with Gasteiger partial charge in [-0.05, 0) is 24.3 Å². The molecule has 0 atom stereocenters. The minimum Gasteiger partial charge on any atom is -0.388 e. The van der Waals surface area contributed by atoms with Crippen LogP contribution in [-0.2, 0) is 9.84 Å². The standard InChI is InChI=1S/C8H7NO3S/c1-13(10,11)8-4-2-7(3-5-8)12-6-9/h2-5H,1H3. The number of nitrogens with zero attached hydrogens (tertiary/aromatic N) is 1. The van der Waals surface area contributed by atoms with Crippen LogP contribution in [0.1, 0.15) is 0 Å². The van der Waals surface area contributed by atoms with E-state index in [2.05, 4.69) is 4.74 Å². The molecule has 4 nitrogen and oxygen atoms in total. The van der Waals surface area contributed by atoms with Gasteiger partial charge in [-0.2, -0.15) is 0 Å². The van der Waals surface area contributed by atoms with Gasteiger partial charge in [-0.25, -0.2) is 8.42 Å². The largest absolute Gasteiger partial charge is 0.388 e. The summed E-state index contributed by atoms with van der Waals surface area (Å²) in [6.07, 6.45) is 2.61. The van der Waals surface area contributed by atoms with E-state index >= 15 is 0 Å². The van der Waals surface area contributed by atoms with Crippen molar-refractivity contribution in [3.8, 4) is 12.0 Å². The average Bonchev–Trinajstić information content (AvgIpc) is 2.04. The molecule has 1 aromatic rings. The summed E-state index contributed by atoms with van der Waals surface area (Å²) in [5, 5.41) is 8.16. The van der Waals surface area contributed by atoms with E-state index in [4.69, 9.17) is 5.26 Å². The van der Waals surface area contributed by atoms with Gasteiger partial charge >= 0.3 is 0 Å². The highest BCUT2D eigenvalue weighted by Gasteiger charge is 2.05. The number of rotatable bonds is 2. The Morgan fingerprint density at radius 2 is 1.85 bits per heavy atom. The Hall–Kier alpha value is -1.54. The molecule has 0 aliphatic heterocycles. The van der Waals surface area contributed by atoms with Crippen LogP contribution < -0.4 is 4.74 Å². The second kappa shape index (κ2) is 3.46. The number of nitriles is 1. The summed E-state index contributed by atoms with van der Waals surface area (Å²) >= 11 is 0. The lowest BCUT2D eigenvalue weighted by Gasteiger charge is -1.98. The van der Waals surface area contributed by atoms with Crippen LogP contribution in [0.15, 0.2) is 29.2 Å². The fraction of sp³-hybridized carbons (Fsp3) is 0.125. The Labute approximate surface area is 76.3 Å². The molecule has 1 aromatic carbocycles. The van der Waals surface area contributed by atoms with Crippen LogP contribution in [0.3, 0.4) is 0 Å². The summed E-state index contributed by atoms with van der Waals surface area (Å²) in [7, 11) is -3.17. The van der Waals surface area contributed by atoms with E-state index in [0.29, 0.717) is 5.75 Å². The van der Waals surface area contributed by atoms with E-state index < -0.39 is 9.84 Å². The summed E-state index contributed by atoms with van der Waals surface area (Å²) in [6.45, 7) is 0. The zero-order valence-electron chi connectivity index (χ0n) is 6.89. The second-order valence-corrected chi connectivity index (χ2v) is 4.45. The zero-order chi connectivity index (χ0) is 9.90. The highest BCUT2D eigenvalue weighted by molar-refractivity contribution is 7.90. The highest BCUT2D eigenvalue weighted by atomic mass is 32.2. The monoisotopic (exact) mass is 197 g/mol. The first kappa shape index (κ1) is 9.55. The predicted molar refractivity (Wildman–Crippen MR) is 45.8 cm³/mol. The molecule has 0 heterocycles. The molecule has 0 radical (unpaired) electrons. The van der Waals surface area contributed by atoms with Gasteiger partial charge in [0.1, 0.15) is 5.75 Å². The molecule has 13 heavy (non-hydrogen) atoms. The van der Waals surface area contributed by atoms with Crippen molar-refractivity contribution in [3.63, 3.8) is 0 Å². The smallest absolute Gasteiger partial charge is 0.292 e. The number of sulfone groups is 1. The second-order valence-electron chi connectivity index (χ2n) is 2.44. The van der Waals surface area contributed by atoms with Gasteiger partial charge in [0, 0.05) is 6.26 Å². The van der Waals surface area contributed by atoms with Crippen molar-refractivity contribution in [2.24, 2.45) is 0 Å². The van der Waals surface area contributed by atoms with Crippen molar-refractivity contribution in [1.82, 2.24) is 0 Å². The van der Waals surface area contributed by atoms with Crippen LogP contribution in [0.5, 0.6) is 5.75 Å². The minimum absolute atomic E-state index is 0.206. The summed E-state index contributed by atoms with van der Waals surface area (Å²) < 4.78 is 26.5. The number of benzene rings is 1. The van der Waals surface area contributed by atoms with E-state index in [1.54, 1.807) is 0 Å². The first-order valence-electron chi connectivity index (χ1n) is 3.40. The third kappa shape index (κ3) is 2.46. The van der Waals surface area contributed by atoms with E-state index in [0.717, 1.165) is 6.26 Å². The van der Waals surface area contributed by atoms with Gasteiger partial charge < -0.3 is 4.74 Å². The van der Waals surface area contributed by atoms with Gasteiger partial charge in [-0.3, -0.25) is 0 Å². The van der Waals surface area contributed by atoms with Crippen molar-refractivity contribution < 1.29 is 13.2 Å². The molecule has 5 heteroatoms. The van der Waals surface area contributed by atoms with Crippen LogP contribution >= 0.6 is 0 Å². The molecular weight excluding hydrogens is 190 g/mol. The molecule has 0 N–H and O–H groups in total. The number of ether oxygens (including phenoxy) is 1. The molecular formula is C8H7NO3S. The van der Waals surface area contributed by atoms with Crippen LogP contribution in [0.2, 0.25) is 0 Å². The third-order valence-electron chi connectivity index (χ3n) is 1.42. The maximum absolute atomic E-state index is 11.0. The summed E-state index contributed by atoms with van der Waals surface area (Å²) in [5.74, 6) is 0.329. The molecule has 0 fully saturated rings. The SMILES string of the molecule is CS(=O)(=O)c1ccc(OC#N)cc1. The molecule has 0 amide bonds. The Morgan fingerprint density at radius 3 is 2.23 bits per heavy atom. The maximum Gasteiger partial charge on any atom is 0.292 e. The lowest BCUT2D eigenvalue weighted by atomic mass is 10.3. The average molecular weight is 197 g/mol. The fourth-order valence-electron chi connectivity index (χ4n) is 0.808. The van der Waals surface area contributed by atoms with Crippen molar-refractivity contribution in [2.45, 2.75) is 4.90 Å². The van der Waals surface area contributed by atoms with Crippen molar-refractivity contribution in [2.75, 3.05) is 6.26 Å². The fourth-order valence-corrected chi connectivity index (χ4v) is 1.44. The Morgan fingerprint density at radius 1 is 1.31 bits per heavy atom. The maximum atomic E-state index is 11.0. The van der Waals surface area contributed by atoms with Gasteiger partial charge in [0.05, 0.1) is 4.90 Å². The Balaban J connectivity index is 3.03. The molecule has 0 saturated heterocycles. The quantitative estimate of drug-likeness (QED) is 0.662. The van der Waals surface area contributed by atoms with Crippen molar-refractivity contribution >= 4 is 9.84 Å². The van der Waals surface area contributed by atoms with Crippen LogP contribution in [0.4, 0.5) is 0 Å². The van der Waals surface area contributed by atoms with Gasteiger partial charge in [-0.15, -0.1) is 5.26 Å². The third-order valence-corrected chi connectivity index (χ3v) is 2.54. The van der Waals surface area contributed by atoms with Gasteiger partial charge in [0.25, 0.3) is 6.26 Å². The minimum atomic E-state index is -3.17. The topological polar surface area (TPSA) is 67.2 Å². The Bertz CT molecular complexity index is 427. The molecule has 1 rings (SSSR count). The number of hydrogen-bond donors (Lipinski definition) is 0. The predicted octanol–water partition coefficient (Wildman–Crippen LogP) is 0.950. The number of hydrogen-bond acceptors (Lipinski definition) is 4. The van der Waals surface area contributed by atoms with Crippen LogP contribution in [-0.4, -0.2) is 14.7 Å². The van der Waals surface area contributed by atoms with Gasteiger partial charge in [0.2, 0.25) is 0 Å². The first-order chi connectivity index (χ1) is 6.04. The molecule has 0 spiro atoms. The first-order valence-corrected chi connectivity index (χ1v) is 5.29. The van der Waals surface area contributed by atoms with E-state index in [1.165, 1.54) is 30.5 Å². The van der Waals surface area contributed by atoms with Crippen LogP contribution in [0.25, 0.3) is 0 Å². The molecule has 0 aliphatic carbocycles. The lowest BCUT2D eigenvalue weighted by molar-refractivity contribution is 0.506. The van der Waals surface area contributed by atoms with Gasteiger partial charge in [-0.1, -0.05) is 0 Å². The molecule has 0 aromatic heterocycles. The summed E-state index contributed by atoms with van der Waals surface area (Å²) in [5.41, 5.74) is 0. The zero-order valence-corrected chi connectivity index (χ0v) is 7.71. The normalized spacial score (nSPS) is 10.5. The van der Waals surface area contributed by atoms with Crippen molar-refractivity contribution in [3.05, 3.63) is 24.3 Å². The summed E-state index contributed by atoms with van der Waals surface area (Å²) in [6, 6.07) is 5.64. The lowest BCUT2D eigenvalue weighted by Crippen LogP contribution is -1.96. The molecule has 68 valence electrons. The molecule has 0 bridgehead atoms. The highest BCUT2D eigenvalue weighted by Crippen LogP contribution is 2.15. The van der Waals surface area contributed by atoms with Gasteiger partial charge in [0.15, 0.2) is 9.84 Å². The van der Waals surface area contributed by atoms with Crippen molar-refractivity contribution in [1.29, 1.82) is 5.26 Å². The van der Waals surface area contributed by atoms with E-state index in [1.807, 2.05) is 0 Å². The summed E-state index contributed by atoms with van der Waals surface area (Å²) in [4.78, 5) is 0.206. The Kier molecular flexibility index (Phi) is 2.54.